The molecule has 0 spiro atoms. The van der Waals surface area contributed by atoms with Crippen LogP contribution in [0.2, 0.25) is 0 Å². The number of benzene rings is 1. The van der Waals surface area contributed by atoms with E-state index in [4.69, 9.17) is 0 Å². The Balaban J connectivity index is 2.26. The summed E-state index contributed by atoms with van der Waals surface area (Å²) in [6.45, 7) is 9.71. The highest BCUT2D eigenvalue weighted by Gasteiger charge is 2.47. The smallest absolute Gasteiger partial charge is 0.240 e. The standard InChI is InChI=1S/C20H31N2O2/c1-5-20(17-11-9-8-10-12-17)14-13-18(23)21(19(20)24)15-16-22(4,6-2)7-3/h8-12H,5-7,13-16H2,1-4H3/q+1. The Kier molecular flexibility index (Phi) is 5.81. The van der Waals surface area contributed by atoms with Crippen molar-refractivity contribution < 1.29 is 14.1 Å². The molecular weight excluding hydrogens is 300 g/mol. The van der Waals surface area contributed by atoms with Crippen molar-refractivity contribution in [1.82, 2.24) is 4.90 Å². The molecule has 0 aromatic heterocycles. The molecule has 1 aliphatic rings. The van der Waals surface area contributed by atoms with Crippen LogP contribution in [0.3, 0.4) is 0 Å². The zero-order valence-electron chi connectivity index (χ0n) is 15.5. The number of amides is 2. The molecule has 1 atom stereocenters. The molecule has 1 heterocycles. The molecule has 1 aromatic carbocycles. The van der Waals surface area contributed by atoms with Gasteiger partial charge < -0.3 is 4.48 Å². The molecule has 0 saturated carbocycles. The van der Waals surface area contributed by atoms with Crippen molar-refractivity contribution in [3.05, 3.63) is 35.9 Å². The Morgan fingerprint density at radius 3 is 2.25 bits per heavy atom. The topological polar surface area (TPSA) is 37.4 Å². The molecule has 1 fully saturated rings. The molecule has 0 aliphatic carbocycles. The molecule has 1 aromatic rings. The van der Waals surface area contributed by atoms with E-state index in [1.54, 1.807) is 0 Å². The van der Waals surface area contributed by atoms with Gasteiger partial charge in [-0.25, -0.2) is 0 Å². The maximum absolute atomic E-state index is 13.3. The maximum Gasteiger partial charge on any atom is 0.240 e. The van der Waals surface area contributed by atoms with Crippen molar-refractivity contribution in [3.8, 4) is 0 Å². The first-order chi connectivity index (χ1) is 11.4. The first kappa shape index (κ1) is 18.7. The van der Waals surface area contributed by atoms with E-state index >= 15 is 0 Å². The molecule has 0 N–H and O–H groups in total. The average Bonchev–Trinajstić information content (AvgIpc) is 2.62. The van der Waals surface area contributed by atoms with Crippen molar-refractivity contribution in [2.75, 3.05) is 33.2 Å². The largest absolute Gasteiger partial charge is 0.325 e. The fourth-order valence-electron chi connectivity index (χ4n) is 3.60. The minimum absolute atomic E-state index is 0.00814. The number of hydrogen-bond acceptors (Lipinski definition) is 2. The number of likely N-dealkylation sites (tertiary alicyclic amines) is 1. The molecule has 2 rings (SSSR count). The fourth-order valence-corrected chi connectivity index (χ4v) is 3.60. The van der Waals surface area contributed by atoms with Gasteiger partial charge in [0.2, 0.25) is 11.8 Å². The molecular formula is C20H31N2O2+. The summed E-state index contributed by atoms with van der Waals surface area (Å²) < 4.78 is 0.877. The molecule has 1 saturated heterocycles. The summed E-state index contributed by atoms with van der Waals surface area (Å²) in [5, 5.41) is 0. The minimum Gasteiger partial charge on any atom is -0.325 e. The normalized spacial score (nSPS) is 22.1. The lowest BCUT2D eigenvalue weighted by molar-refractivity contribution is -0.905. The van der Waals surface area contributed by atoms with Gasteiger partial charge in [0.1, 0.15) is 0 Å². The monoisotopic (exact) mass is 331 g/mol. The lowest BCUT2D eigenvalue weighted by atomic mass is 9.71. The van der Waals surface area contributed by atoms with Gasteiger partial charge in [-0.2, -0.15) is 0 Å². The van der Waals surface area contributed by atoms with E-state index in [1.807, 2.05) is 30.3 Å². The molecule has 1 unspecified atom stereocenters. The van der Waals surface area contributed by atoms with E-state index in [9.17, 15) is 9.59 Å². The van der Waals surface area contributed by atoms with Crippen molar-refractivity contribution in [1.29, 1.82) is 0 Å². The van der Waals surface area contributed by atoms with Crippen molar-refractivity contribution in [2.45, 2.75) is 45.4 Å². The van der Waals surface area contributed by atoms with Crippen LogP contribution >= 0.6 is 0 Å². The lowest BCUT2D eigenvalue weighted by Crippen LogP contribution is -2.57. The molecule has 0 radical (unpaired) electrons. The second-order valence-electron chi connectivity index (χ2n) is 7.13. The Labute approximate surface area is 146 Å². The Morgan fingerprint density at radius 2 is 1.71 bits per heavy atom. The van der Waals surface area contributed by atoms with Gasteiger partial charge in [0.25, 0.3) is 0 Å². The van der Waals surface area contributed by atoms with E-state index in [2.05, 4.69) is 27.8 Å². The fraction of sp³-hybridized carbons (Fsp3) is 0.600. The summed E-state index contributed by atoms with van der Waals surface area (Å²) in [5.74, 6) is -0.0232. The summed E-state index contributed by atoms with van der Waals surface area (Å²) in [4.78, 5) is 27.2. The predicted molar refractivity (Wildman–Crippen MR) is 96.5 cm³/mol. The van der Waals surface area contributed by atoms with Crippen LogP contribution < -0.4 is 0 Å². The third kappa shape index (κ3) is 3.39. The lowest BCUT2D eigenvalue weighted by Gasteiger charge is -2.42. The number of piperidine rings is 1. The number of nitrogens with zero attached hydrogens (tertiary/aromatic N) is 2. The van der Waals surface area contributed by atoms with Gasteiger partial charge in [0.05, 0.1) is 38.6 Å². The predicted octanol–water partition coefficient (Wildman–Crippen LogP) is 2.97. The van der Waals surface area contributed by atoms with Gasteiger partial charge in [-0.15, -0.1) is 0 Å². The average molecular weight is 331 g/mol. The third-order valence-electron chi connectivity index (χ3n) is 6.04. The van der Waals surface area contributed by atoms with Crippen LogP contribution in [0.15, 0.2) is 30.3 Å². The van der Waals surface area contributed by atoms with Gasteiger partial charge >= 0.3 is 0 Å². The van der Waals surface area contributed by atoms with Crippen LogP contribution in [-0.2, 0) is 15.0 Å². The molecule has 1 aliphatic heterocycles. The second-order valence-corrected chi connectivity index (χ2v) is 7.13. The van der Waals surface area contributed by atoms with E-state index in [1.165, 1.54) is 4.90 Å². The summed E-state index contributed by atoms with van der Waals surface area (Å²) >= 11 is 0. The number of imide groups is 1. The van der Waals surface area contributed by atoms with Crippen molar-refractivity contribution >= 4 is 11.8 Å². The van der Waals surface area contributed by atoms with E-state index in [0.29, 0.717) is 19.4 Å². The number of likely N-dealkylation sites (N-methyl/N-ethyl adjacent to an activating group) is 1. The van der Waals surface area contributed by atoms with E-state index in [0.717, 1.165) is 36.1 Å². The van der Waals surface area contributed by atoms with Gasteiger partial charge in [-0.1, -0.05) is 37.3 Å². The highest BCUT2D eigenvalue weighted by molar-refractivity contribution is 6.03. The number of rotatable bonds is 7. The van der Waals surface area contributed by atoms with E-state index < -0.39 is 5.41 Å². The number of carbonyl (C=O) groups is 2. The number of hydrogen-bond donors (Lipinski definition) is 0. The summed E-state index contributed by atoms with van der Waals surface area (Å²) in [7, 11) is 2.18. The molecule has 2 amide bonds. The maximum atomic E-state index is 13.3. The number of carbonyl (C=O) groups excluding carboxylic acids is 2. The zero-order chi connectivity index (χ0) is 17.8. The van der Waals surface area contributed by atoms with Crippen LogP contribution in [0.1, 0.15) is 45.6 Å². The van der Waals surface area contributed by atoms with Gasteiger partial charge in [0.15, 0.2) is 0 Å². The summed E-state index contributed by atoms with van der Waals surface area (Å²) in [6.07, 6.45) is 1.80. The van der Waals surface area contributed by atoms with Gasteiger partial charge in [-0.05, 0) is 32.3 Å². The second kappa shape index (κ2) is 7.47. The van der Waals surface area contributed by atoms with Crippen LogP contribution in [0, 0.1) is 0 Å². The SMILES string of the molecule is CCC1(c2ccccc2)CCC(=O)N(CC[N+](C)(CC)CC)C1=O. The molecule has 132 valence electrons. The minimum atomic E-state index is -0.545. The molecule has 4 heteroatoms. The Bertz CT molecular complexity index is 581. The van der Waals surface area contributed by atoms with Crippen LogP contribution in [-0.4, -0.2) is 54.4 Å². The zero-order valence-corrected chi connectivity index (χ0v) is 15.5. The quantitative estimate of drug-likeness (QED) is 0.569. The van der Waals surface area contributed by atoms with E-state index in [-0.39, 0.29) is 11.8 Å². The van der Waals surface area contributed by atoms with Crippen LogP contribution in [0.4, 0.5) is 0 Å². The summed E-state index contributed by atoms with van der Waals surface area (Å²) in [5.41, 5.74) is 0.495. The van der Waals surface area contributed by atoms with Gasteiger partial charge in [-0.3, -0.25) is 14.5 Å². The first-order valence-electron chi connectivity index (χ1n) is 9.16. The van der Waals surface area contributed by atoms with Crippen molar-refractivity contribution in [3.63, 3.8) is 0 Å². The molecule has 24 heavy (non-hydrogen) atoms. The Morgan fingerprint density at radius 1 is 1.08 bits per heavy atom. The third-order valence-corrected chi connectivity index (χ3v) is 6.04. The Hall–Kier alpha value is -1.68. The first-order valence-corrected chi connectivity index (χ1v) is 9.16. The molecule has 4 nitrogen and oxygen atoms in total. The summed E-state index contributed by atoms with van der Waals surface area (Å²) in [6, 6.07) is 9.96. The van der Waals surface area contributed by atoms with Crippen LogP contribution in [0.5, 0.6) is 0 Å². The number of quaternary nitrogens is 1. The highest BCUT2D eigenvalue weighted by Crippen LogP contribution is 2.38. The highest BCUT2D eigenvalue weighted by atomic mass is 16.2. The van der Waals surface area contributed by atoms with Crippen molar-refractivity contribution in [2.24, 2.45) is 0 Å². The molecule has 0 bridgehead atoms. The van der Waals surface area contributed by atoms with Gasteiger partial charge in [0, 0.05) is 6.42 Å². The van der Waals surface area contributed by atoms with Crippen LogP contribution in [0.25, 0.3) is 0 Å².